The molecular formula is C17H16Cl4N2O4S. The highest BCUT2D eigenvalue weighted by molar-refractivity contribution is 7.92. The second kappa shape index (κ2) is 8.97. The number of hydrogen-bond donors (Lipinski definition) is 1. The lowest BCUT2D eigenvalue weighted by Gasteiger charge is -2.28. The topological polar surface area (TPSA) is 75.7 Å². The molecule has 2 rings (SSSR count). The number of sulfonamides is 1. The van der Waals surface area contributed by atoms with Gasteiger partial charge in [0.05, 0.1) is 44.8 Å². The molecule has 0 radical (unpaired) electrons. The van der Waals surface area contributed by atoms with Crippen LogP contribution in [0, 0.1) is 0 Å². The molecule has 6 nitrogen and oxygen atoms in total. The van der Waals surface area contributed by atoms with Crippen molar-refractivity contribution in [2.75, 3.05) is 23.0 Å². The van der Waals surface area contributed by atoms with Crippen molar-refractivity contribution in [2.45, 2.75) is 13.0 Å². The van der Waals surface area contributed by atoms with Crippen LogP contribution in [0.2, 0.25) is 20.1 Å². The van der Waals surface area contributed by atoms with Crippen LogP contribution in [0.25, 0.3) is 0 Å². The quantitative estimate of drug-likeness (QED) is 0.577. The van der Waals surface area contributed by atoms with E-state index in [-0.39, 0.29) is 31.5 Å². The van der Waals surface area contributed by atoms with Gasteiger partial charge in [0.2, 0.25) is 15.9 Å². The largest absolute Gasteiger partial charge is 0.495 e. The maximum Gasteiger partial charge on any atom is 0.248 e. The molecule has 0 bridgehead atoms. The molecule has 1 amide bonds. The highest BCUT2D eigenvalue weighted by Gasteiger charge is 2.30. The highest BCUT2D eigenvalue weighted by atomic mass is 35.5. The molecule has 0 aliphatic rings. The minimum atomic E-state index is -3.82. The van der Waals surface area contributed by atoms with Crippen LogP contribution in [0.5, 0.6) is 5.75 Å². The van der Waals surface area contributed by atoms with E-state index in [9.17, 15) is 13.2 Å². The summed E-state index contributed by atoms with van der Waals surface area (Å²) in [5.41, 5.74) is 0.408. The van der Waals surface area contributed by atoms with Gasteiger partial charge in [-0.2, -0.15) is 0 Å². The zero-order chi connectivity index (χ0) is 21.2. The molecule has 0 saturated heterocycles. The molecular weight excluding hydrogens is 470 g/mol. The van der Waals surface area contributed by atoms with Gasteiger partial charge in [0.15, 0.2) is 0 Å². The number of nitrogens with zero attached hydrogens (tertiary/aromatic N) is 1. The minimum absolute atomic E-state index is 0.161. The standard InChI is InChI=1S/C17H16Cl4N2O4S/c1-9(17(24)22-15-8-12(19)11(18)7-13(15)20)23(28(3,25)26)10-4-5-16(27-2)14(21)6-10/h4-9H,1-3H3,(H,22,24)/t9-/m1/s1. The second-order valence-electron chi connectivity index (χ2n) is 5.79. The summed E-state index contributed by atoms with van der Waals surface area (Å²) in [6, 6.07) is 6.04. The molecule has 1 atom stereocenters. The number of hydrogen-bond acceptors (Lipinski definition) is 4. The molecule has 0 unspecified atom stereocenters. The third kappa shape index (κ3) is 5.15. The fourth-order valence-corrected chi connectivity index (χ4v) is 4.47. The summed E-state index contributed by atoms with van der Waals surface area (Å²) in [7, 11) is -2.39. The zero-order valence-electron chi connectivity index (χ0n) is 15.0. The van der Waals surface area contributed by atoms with Crippen molar-refractivity contribution in [3.8, 4) is 5.75 Å². The van der Waals surface area contributed by atoms with Crippen LogP contribution in [0.15, 0.2) is 30.3 Å². The Labute approximate surface area is 183 Å². The molecule has 0 heterocycles. The maximum atomic E-state index is 12.7. The summed E-state index contributed by atoms with van der Waals surface area (Å²) in [6.07, 6.45) is 0.987. The first-order valence-corrected chi connectivity index (χ1v) is 11.1. The van der Waals surface area contributed by atoms with Crippen molar-refractivity contribution >= 4 is 73.7 Å². The van der Waals surface area contributed by atoms with Crippen molar-refractivity contribution in [3.63, 3.8) is 0 Å². The lowest BCUT2D eigenvalue weighted by molar-refractivity contribution is -0.116. The van der Waals surface area contributed by atoms with Crippen molar-refractivity contribution < 1.29 is 17.9 Å². The summed E-state index contributed by atoms with van der Waals surface area (Å²) in [4.78, 5) is 12.7. The van der Waals surface area contributed by atoms with Crippen LogP contribution in [0.3, 0.4) is 0 Å². The monoisotopic (exact) mass is 484 g/mol. The predicted molar refractivity (Wildman–Crippen MR) is 115 cm³/mol. The van der Waals surface area contributed by atoms with Gasteiger partial charge in [-0.3, -0.25) is 9.10 Å². The number of ether oxygens (including phenoxy) is 1. The minimum Gasteiger partial charge on any atom is -0.495 e. The van der Waals surface area contributed by atoms with E-state index in [0.717, 1.165) is 10.6 Å². The number of amides is 1. The van der Waals surface area contributed by atoms with Crippen LogP contribution in [-0.4, -0.2) is 33.7 Å². The third-order valence-electron chi connectivity index (χ3n) is 3.75. The van der Waals surface area contributed by atoms with E-state index < -0.39 is 22.0 Å². The summed E-state index contributed by atoms with van der Waals surface area (Å²) in [5, 5.41) is 3.34. The molecule has 1 N–H and O–H groups in total. The normalized spacial score (nSPS) is 12.4. The lowest BCUT2D eigenvalue weighted by Crippen LogP contribution is -2.45. The van der Waals surface area contributed by atoms with Crippen LogP contribution in [-0.2, 0) is 14.8 Å². The van der Waals surface area contributed by atoms with Crippen molar-refractivity contribution in [1.29, 1.82) is 0 Å². The summed E-state index contributed by atoms with van der Waals surface area (Å²) in [5.74, 6) is -0.254. The molecule has 0 aromatic heterocycles. The van der Waals surface area contributed by atoms with E-state index >= 15 is 0 Å². The number of rotatable bonds is 6. The molecule has 2 aromatic rings. The van der Waals surface area contributed by atoms with Gasteiger partial charge in [0.1, 0.15) is 11.8 Å². The van der Waals surface area contributed by atoms with Crippen LogP contribution >= 0.6 is 46.4 Å². The van der Waals surface area contributed by atoms with E-state index in [1.54, 1.807) is 0 Å². The van der Waals surface area contributed by atoms with Crippen LogP contribution in [0.1, 0.15) is 6.92 Å². The number of halogens is 4. The lowest BCUT2D eigenvalue weighted by atomic mass is 10.2. The summed E-state index contributed by atoms with van der Waals surface area (Å²) >= 11 is 24.0. The fourth-order valence-electron chi connectivity index (χ4n) is 2.46. The molecule has 0 fully saturated rings. The molecule has 0 saturated carbocycles. The Balaban J connectivity index is 2.38. The number of methoxy groups -OCH3 is 1. The summed E-state index contributed by atoms with van der Waals surface area (Å²) < 4.78 is 30.8. The molecule has 0 aliphatic carbocycles. The first-order chi connectivity index (χ1) is 13.0. The Morgan fingerprint density at radius 1 is 1.04 bits per heavy atom. The van der Waals surface area contributed by atoms with Gasteiger partial charge in [-0.1, -0.05) is 46.4 Å². The number of nitrogens with one attached hydrogen (secondary N) is 1. The van der Waals surface area contributed by atoms with Gasteiger partial charge in [0.25, 0.3) is 0 Å². The predicted octanol–water partition coefficient (Wildman–Crippen LogP) is 5.10. The van der Waals surface area contributed by atoms with Crippen molar-refractivity contribution in [1.82, 2.24) is 0 Å². The molecule has 11 heteroatoms. The first kappa shape index (κ1) is 22.9. The maximum absolute atomic E-state index is 12.7. The molecule has 2 aromatic carbocycles. The van der Waals surface area contributed by atoms with Crippen molar-refractivity contribution in [2.24, 2.45) is 0 Å². The Hall–Kier alpha value is -1.38. The molecule has 28 heavy (non-hydrogen) atoms. The van der Waals surface area contributed by atoms with E-state index in [1.807, 2.05) is 0 Å². The van der Waals surface area contributed by atoms with E-state index in [0.29, 0.717) is 5.75 Å². The van der Waals surface area contributed by atoms with E-state index in [4.69, 9.17) is 51.1 Å². The molecule has 152 valence electrons. The van der Waals surface area contributed by atoms with Crippen LogP contribution in [0.4, 0.5) is 11.4 Å². The Morgan fingerprint density at radius 3 is 2.18 bits per heavy atom. The SMILES string of the molecule is COc1ccc(N([C@H](C)C(=O)Nc2cc(Cl)c(Cl)cc2Cl)S(C)(=O)=O)cc1Cl. The number of carbonyl (C=O) groups excluding carboxylic acids is 1. The average molecular weight is 486 g/mol. The Bertz CT molecular complexity index is 1010. The molecule has 0 aliphatic heterocycles. The van der Waals surface area contributed by atoms with Gasteiger partial charge >= 0.3 is 0 Å². The van der Waals surface area contributed by atoms with E-state index in [1.165, 1.54) is 44.4 Å². The zero-order valence-corrected chi connectivity index (χ0v) is 18.8. The van der Waals surface area contributed by atoms with Gasteiger partial charge in [-0.15, -0.1) is 0 Å². The van der Waals surface area contributed by atoms with Crippen LogP contribution < -0.4 is 14.4 Å². The summed E-state index contributed by atoms with van der Waals surface area (Å²) in [6.45, 7) is 1.43. The van der Waals surface area contributed by atoms with Gasteiger partial charge in [0, 0.05) is 0 Å². The highest BCUT2D eigenvalue weighted by Crippen LogP contribution is 2.34. The fraction of sp³-hybridized carbons (Fsp3) is 0.235. The first-order valence-electron chi connectivity index (χ1n) is 7.74. The number of carbonyl (C=O) groups is 1. The van der Waals surface area contributed by atoms with Gasteiger partial charge in [-0.05, 0) is 37.3 Å². The van der Waals surface area contributed by atoms with Gasteiger partial charge < -0.3 is 10.1 Å². The average Bonchev–Trinajstić information content (AvgIpc) is 2.58. The number of anilines is 2. The van der Waals surface area contributed by atoms with Crippen molar-refractivity contribution in [3.05, 3.63) is 50.4 Å². The Morgan fingerprint density at radius 2 is 1.64 bits per heavy atom. The Kier molecular flexibility index (Phi) is 7.33. The molecule has 0 spiro atoms. The van der Waals surface area contributed by atoms with E-state index in [2.05, 4.69) is 5.32 Å². The second-order valence-corrected chi connectivity index (χ2v) is 9.28. The smallest absolute Gasteiger partial charge is 0.248 e. The number of benzene rings is 2. The van der Waals surface area contributed by atoms with Gasteiger partial charge in [-0.25, -0.2) is 8.42 Å². The third-order valence-corrected chi connectivity index (χ3v) is 6.32.